The SMILES string of the molecule is O=C(OCc1ccccn1)c1ccc(Oc2ccc(Cl)cc2[N+](=O)[O-])cc1. The summed E-state index contributed by atoms with van der Waals surface area (Å²) in [6.07, 6.45) is 1.62. The summed E-state index contributed by atoms with van der Waals surface area (Å²) in [5.41, 5.74) is 0.714. The van der Waals surface area contributed by atoms with Gasteiger partial charge < -0.3 is 9.47 Å². The molecule has 8 heteroatoms. The third-order valence-electron chi connectivity index (χ3n) is 3.51. The number of aromatic nitrogens is 1. The molecular weight excluding hydrogens is 372 g/mol. The van der Waals surface area contributed by atoms with Crippen LogP contribution in [0.2, 0.25) is 5.02 Å². The first-order valence-corrected chi connectivity index (χ1v) is 8.19. The zero-order chi connectivity index (χ0) is 19.2. The Hall–Kier alpha value is -3.45. The van der Waals surface area contributed by atoms with Gasteiger partial charge in [0.25, 0.3) is 0 Å². The second-order valence-electron chi connectivity index (χ2n) is 5.39. The van der Waals surface area contributed by atoms with E-state index in [2.05, 4.69) is 4.98 Å². The number of hydrogen-bond acceptors (Lipinski definition) is 6. The average molecular weight is 385 g/mol. The Morgan fingerprint density at radius 2 is 1.89 bits per heavy atom. The maximum absolute atomic E-state index is 12.1. The van der Waals surface area contributed by atoms with Crippen LogP contribution in [0.1, 0.15) is 16.1 Å². The molecule has 7 nitrogen and oxygen atoms in total. The number of hydrogen-bond donors (Lipinski definition) is 0. The van der Waals surface area contributed by atoms with Gasteiger partial charge in [-0.1, -0.05) is 17.7 Å². The quantitative estimate of drug-likeness (QED) is 0.344. The van der Waals surface area contributed by atoms with E-state index in [-0.39, 0.29) is 23.1 Å². The molecule has 27 heavy (non-hydrogen) atoms. The fraction of sp³-hybridized carbons (Fsp3) is 0.0526. The van der Waals surface area contributed by atoms with E-state index in [0.717, 1.165) is 0 Å². The van der Waals surface area contributed by atoms with Gasteiger partial charge >= 0.3 is 11.7 Å². The van der Waals surface area contributed by atoms with Crippen LogP contribution in [0.4, 0.5) is 5.69 Å². The monoisotopic (exact) mass is 384 g/mol. The molecule has 0 aliphatic rings. The van der Waals surface area contributed by atoms with Crippen molar-refractivity contribution < 1.29 is 19.2 Å². The highest BCUT2D eigenvalue weighted by Gasteiger charge is 2.17. The molecule has 0 amide bonds. The summed E-state index contributed by atoms with van der Waals surface area (Å²) in [4.78, 5) is 26.7. The number of pyridine rings is 1. The van der Waals surface area contributed by atoms with Gasteiger partial charge in [-0.25, -0.2) is 4.79 Å². The number of nitrogens with zero attached hydrogens (tertiary/aromatic N) is 2. The van der Waals surface area contributed by atoms with Crippen molar-refractivity contribution in [3.05, 3.63) is 93.3 Å². The molecule has 0 saturated heterocycles. The topological polar surface area (TPSA) is 91.6 Å². The standard InChI is InChI=1S/C19H13ClN2O5/c20-14-6-9-18(17(11-14)22(24)25)27-16-7-4-13(5-8-16)19(23)26-12-15-3-1-2-10-21-15/h1-11H,12H2. The molecule has 0 atom stereocenters. The van der Waals surface area contributed by atoms with Gasteiger partial charge in [-0.2, -0.15) is 0 Å². The number of ether oxygens (including phenoxy) is 2. The van der Waals surface area contributed by atoms with Gasteiger partial charge in [0.15, 0.2) is 0 Å². The first-order chi connectivity index (χ1) is 13.0. The van der Waals surface area contributed by atoms with E-state index >= 15 is 0 Å². The summed E-state index contributed by atoms with van der Waals surface area (Å²) in [6, 6.07) is 15.5. The molecule has 1 heterocycles. The number of carbonyl (C=O) groups excluding carboxylic acids is 1. The lowest BCUT2D eigenvalue weighted by molar-refractivity contribution is -0.385. The molecule has 0 unspecified atom stereocenters. The van der Waals surface area contributed by atoms with Gasteiger partial charge in [-0.15, -0.1) is 0 Å². The maximum Gasteiger partial charge on any atom is 0.338 e. The number of esters is 1. The second kappa shape index (κ2) is 8.29. The lowest BCUT2D eigenvalue weighted by atomic mass is 10.2. The maximum atomic E-state index is 12.1. The van der Waals surface area contributed by atoms with Crippen LogP contribution in [0.5, 0.6) is 11.5 Å². The zero-order valence-corrected chi connectivity index (χ0v) is 14.6. The van der Waals surface area contributed by atoms with Gasteiger partial charge in [0, 0.05) is 17.3 Å². The van der Waals surface area contributed by atoms with Gasteiger partial charge in [0.1, 0.15) is 12.4 Å². The van der Waals surface area contributed by atoms with Crippen molar-refractivity contribution in [1.29, 1.82) is 0 Å². The Kier molecular flexibility index (Phi) is 5.63. The number of halogens is 1. The minimum Gasteiger partial charge on any atom is -0.456 e. The molecule has 1 aromatic heterocycles. The highest BCUT2D eigenvalue weighted by Crippen LogP contribution is 2.33. The predicted molar refractivity (Wildman–Crippen MR) is 98.0 cm³/mol. The Labute approximate surface area is 159 Å². The summed E-state index contributed by atoms with van der Waals surface area (Å²) < 4.78 is 10.7. The number of rotatable bonds is 6. The average Bonchev–Trinajstić information content (AvgIpc) is 2.68. The van der Waals surface area contributed by atoms with Crippen molar-refractivity contribution in [3.8, 4) is 11.5 Å². The van der Waals surface area contributed by atoms with Crippen molar-refractivity contribution in [2.24, 2.45) is 0 Å². The lowest BCUT2D eigenvalue weighted by Crippen LogP contribution is -2.05. The Morgan fingerprint density at radius 1 is 1.11 bits per heavy atom. The van der Waals surface area contributed by atoms with Crippen LogP contribution in [-0.2, 0) is 11.3 Å². The molecule has 0 spiro atoms. The number of benzene rings is 2. The van der Waals surface area contributed by atoms with Crippen molar-refractivity contribution >= 4 is 23.3 Å². The van der Waals surface area contributed by atoms with Crippen molar-refractivity contribution in [2.75, 3.05) is 0 Å². The third-order valence-corrected chi connectivity index (χ3v) is 3.75. The highest BCUT2D eigenvalue weighted by atomic mass is 35.5. The Balaban J connectivity index is 1.67. The molecular formula is C19H13ClN2O5. The van der Waals surface area contributed by atoms with Crippen LogP contribution in [0.15, 0.2) is 66.9 Å². The first-order valence-electron chi connectivity index (χ1n) is 7.82. The van der Waals surface area contributed by atoms with E-state index in [1.165, 1.54) is 42.5 Å². The van der Waals surface area contributed by atoms with Crippen LogP contribution in [-0.4, -0.2) is 15.9 Å². The van der Waals surface area contributed by atoms with E-state index in [9.17, 15) is 14.9 Å². The lowest BCUT2D eigenvalue weighted by Gasteiger charge is -2.08. The predicted octanol–water partition coefficient (Wildman–Crippen LogP) is 4.79. The number of carbonyl (C=O) groups is 1. The summed E-state index contributed by atoms with van der Waals surface area (Å²) in [6.45, 7) is 0.0644. The first kappa shape index (κ1) is 18.3. The van der Waals surface area contributed by atoms with Crippen molar-refractivity contribution in [1.82, 2.24) is 4.98 Å². The zero-order valence-electron chi connectivity index (χ0n) is 13.9. The minimum atomic E-state index is -0.579. The minimum absolute atomic E-state index is 0.0508. The van der Waals surface area contributed by atoms with Crippen LogP contribution in [0, 0.1) is 10.1 Å². The van der Waals surface area contributed by atoms with Crippen molar-refractivity contribution in [3.63, 3.8) is 0 Å². The van der Waals surface area contributed by atoms with Gasteiger partial charge in [0.2, 0.25) is 5.75 Å². The molecule has 2 aromatic carbocycles. The molecule has 0 aliphatic carbocycles. The van der Waals surface area contributed by atoms with Gasteiger partial charge in [-0.3, -0.25) is 15.1 Å². The van der Waals surface area contributed by atoms with E-state index < -0.39 is 10.9 Å². The Bertz CT molecular complexity index is 962. The molecule has 0 bridgehead atoms. The van der Waals surface area contributed by atoms with Crippen LogP contribution in [0.25, 0.3) is 0 Å². The highest BCUT2D eigenvalue weighted by molar-refractivity contribution is 6.30. The number of nitro groups is 1. The normalized spacial score (nSPS) is 10.3. The molecule has 0 saturated carbocycles. The second-order valence-corrected chi connectivity index (χ2v) is 5.83. The Morgan fingerprint density at radius 3 is 2.56 bits per heavy atom. The fourth-order valence-electron chi connectivity index (χ4n) is 2.21. The molecule has 136 valence electrons. The van der Waals surface area contributed by atoms with Crippen molar-refractivity contribution in [2.45, 2.75) is 6.61 Å². The fourth-order valence-corrected chi connectivity index (χ4v) is 2.38. The largest absolute Gasteiger partial charge is 0.456 e. The summed E-state index contributed by atoms with van der Waals surface area (Å²) in [5.74, 6) is -0.124. The van der Waals surface area contributed by atoms with E-state index in [1.807, 2.05) is 0 Å². The third kappa shape index (κ3) is 4.80. The van der Waals surface area contributed by atoms with Crippen LogP contribution >= 0.6 is 11.6 Å². The van der Waals surface area contributed by atoms with Crippen LogP contribution in [0.3, 0.4) is 0 Å². The van der Waals surface area contributed by atoms with E-state index in [4.69, 9.17) is 21.1 Å². The smallest absolute Gasteiger partial charge is 0.338 e. The van der Waals surface area contributed by atoms with E-state index in [0.29, 0.717) is 17.0 Å². The molecule has 3 rings (SSSR count). The summed E-state index contributed by atoms with van der Waals surface area (Å²) in [7, 11) is 0. The van der Waals surface area contributed by atoms with Gasteiger partial charge in [-0.05, 0) is 48.5 Å². The summed E-state index contributed by atoms with van der Waals surface area (Å²) in [5, 5.41) is 11.3. The van der Waals surface area contributed by atoms with Gasteiger partial charge in [0.05, 0.1) is 16.2 Å². The molecule has 0 fully saturated rings. The molecule has 0 N–H and O–H groups in total. The molecule has 0 radical (unpaired) electrons. The van der Waals surface area contributed by atoms with E-state index in [1.54, 1.807) is 24.4 Å². The van der Waals surface area contributed by atoms with Crippen LogP contribution < -0.4 is 4.74 Å². The number of nitro benzene ring substituents is 1. The molecule has 0 aliphatic heterocycles. The molecule has 3 aromatic rings. The summed E-state index contributed by atoms with van der Waals surface area (Å²) >= 11 is 5.78.